The third-order valence-electron chi connectivity index (χ3n) is 7.31. The van der Waals surface area contributed by atoms with E-state index in [2.05, 4.69) is 35.2 Å². The Labute approximate surface area is 210 Å². The van der Waals surface area contributed by atoms with E-state index in [1.54, 1.807) is 18.3 Å². The Kier molecular flexibility index (Phi) is 7.89. The number of benzene rings is 1. The zero-order valence-corrected chi connectivity index (χ0v) is 21.5. The number of allylic oxidation sites excluding steroid dienone is 3. The first kappa shape index (κ1) is 25.0. The first-order chi connectivity index (χ1) is 16.9. The maximum absolute atomic E-state index is 10.8. The molecule has 186 valence electrons. The summed E-state index contributed by atoms with van der Waals surface area (Å²) in [6.07, 6.45) is 15.4. The van der Waals surface area contributed by atoms with Gasteiger partial charge in [-0.05, 0) is 60.9 Å². The molecule has 2 aliphatic carbocycles. The van der Waals surface area contributed by atoms with Crippen LogP contribution in [-0.4, -0.2) is 51.4 Å². The van der Waals surface area contributed by atoms with E-state index in [0.29, 0.717) is 23.3 Å². The van der Waals surface area contributed by atoms with Crippen LogP contribution in [0.25, 0.3) is 16.8 Å². The highest BCUT2D eigenvalue weighted by molar-refractivity contribution is 5.79. The molecule has 35 heavy (non-hydrogen) atoms. The summed E-state index contributed by atoms with van der Waals surface area (Å²) < 4.78 is 0. The van der Waals surface area contributed by atoms with E-state index in [0.717, 1.165) is 28.7 Å². The second-order valence-corrected chi connectivity index (χ2v) is 10.3. The Morgan fingerprint density at radius 1 is 1.03 bits per heavy atom. The maximum atomic E-state index is 10.8. The predicted octanol–water partition coefficient (Wildman–Crippen LogP) is 6.22. The summed E-state index contributed by atoms with van der Waals surface area (Å²) in [5.41, 5.74) is 3.79. The maximum Gasteiger partial charge on any atom is 0.245 e. The average Bonchev–Trinajstić information content (AvgIpc) is 3.66. The smallest absolute Gasteiger partial charge is 0.245 e. The van der Waals surface area contributed by atoms with Crippen molar-refractivity contribution in [1.29, 1.82) is 0 Å². The molecule has 2 saturated carbocycles. The molecular weight excluding hydrogens is 434 g/mol. The molecule has 1 aromatic heterocycles. The number of anilines is 1. The summed E-state index contributed by atoms with van der Waals surface area (Å²) in [7, 11) is 3.88. The largest absolute Gasteiger partial charge is 0.507 e. The minimum Gasteiger partial charge on any atom is -0.507 e. The summed E-state index contributed by atoms with van der Waals surface area (Å²) in [5, 5.41) is 19.8. The molecule has 0 aliphatic heterocycles. The van der Waals surface area contributed by atoms with Crippen molar-refractivity contribution in [2.75, 3.05) is 19.0 Å². The Hall–Kier alpha value is -3.15. The van der Waals surface area contributed by atoms with E-state index in [-0.39, 0.29) is 5.75 Å². The molecule has 1 heterocycles. The van der Waals surface area contributed by atoms with Gasteiger partial charge in [-0.2, -0.15) is 0 Å². The van der Waals surface area contributed by atoms with Crippen LogP contribution in [0, 0.1) is 5.92 Å². The first-order valence-electron chi connectivity index (χ1n) is 12.9. The topological polar surface area (TPSA) is 65.4 Å². The molecule has 0 bridgehead atoms. The number of aromatic nitrogens is 3. The standard InChI is InChI=1S/C29H39N5O/c1-6-22(17-21(3)33(4)5)23-13-16-26(28(35)18-23)27-19-30-29(32-31-27)34(25-14-15-25)24-11-7-9-20(2)10-8-12-24/h6,13,16-20,24-25,35H,1,3,7-12,14-15H2,2,4-5H3/b22-17+. The van der Waals surface area contributed by atoms with Crippen LogP contribution in [0.4, 0.5) is 5.95 Å². The molecule has 4 rings (SSSR count). The molecule has 0 unspecified atom stereocenters. The van der Waals surface area contributed by atoms with E-state index in [9.17, 15) is 5.11 Å². The summed E-state index contributed by atoms with van der Waals surface area (Å²) >= 11 is 0. The number of phenols is 1. The number of rotatable bonds is 8. The molecule has 6 heteroatoms. The second kappa shape index (κ2) is 11.1. The molecule has 0 spiro atoms. The van der Waals surface area contributed by atoms with Crippen LogP contribution in [-0.2, 0) is 0 Å². The van der Waals surface area contributed by atoms with Gasteiger partial charge in [-0.25, -0.2) is 4.98 Å². The summed E-state index contributed by atoms with van der Waals surface area (Å²) in [6, 6.07) is 6.58. The fourth-order valence-corrected chi connectivity index (χ4v) is 4.96. The van der Waals surface area contributed by atoms with E-state index in [1.807, 2.05) is 37.2 Å². The van der Waals surface area contributed by atoms with Crippen molar-refractivity contribution in [3.63, 3.8) is 0 Å². The fraction of sp³-hybridized carbons (Fsp3) is 0.483. The van der Waals surface area contributed by atoms with Gasteiger partial charge in [0.1, 0.15) is 11.4 Å². The molecular formula is C29H39N5O. The van der Waals surface area contributed by atoms with Crippen molar-refractivity contribution in [3.05, 3.63) is 61.0 Å². The highest BCUT2D eigenvalue weighted by Gasteiger charge is 2.36. The van der Waals surface area contributed by atoms with Crippen LogP contribution < -0.4 is 4.90 Å². The lowest BCUT2D eigenvalue weighted by Gasteiger charge is -2.33. The molecule has 0 amide bonds. The van der Waals surface area contributed by atoms with Crippen LogP contribution in [0.5, 0.6) is 5.75 Å². The molecule has 2 aromatic rings. The number of likely N-dealkylation sites (N-methyl/N-ethyl adjacent to an activating group) is 1. The number of hydrogen-bond donors (Lipinski definition) is 1. The predicted molar refractivity (Wildman–Crippen MR) is 144 cm³/mol. The van der Waals surface area contributed by atoms with Gasteiger partial charge in [0.15, 0.2) is 0 Å². The van der Waals surface area contributed by atoms with Crippen LogP contribution >= 0.6 is 0 Å². The quantitative estimate of drug-likeness (QED) is 0.459. The summed E-state index contributed by atoms with van der Waals surface area (Å²) in [5.74, 6) is 1.71. The highest BCUT2D eigenvalue weighted by Crippen LogP contribution is 2.37. The van der Waals surface area contributed by atoms with Crippen molar-refractivity contribution >= 4 is 11.5 Å². The fourth-order valence-electron chi connectivity index (χ4n) is 4.96. The van der Waals surface area contributed by atoms with Gasteiger partial charge in [0.05, 0.1) is 6.20 Å². The van der Waals surface area contributed by atoms with E-state index in [4.69, 9.17) is 4.98 Å². The highest BCUT2D eigenvalue weighted by atomic mass is 16.3. The molecule has 6 nitrogen and oxygen atoms in total. The van der Waals surface area contributed by atoms with Gasteiger partial charge in [-0.3, -0.25) is 0 Å². The lowest BCUT2D eigenvalue weighted by molar-refractivity contribution is 0.362. The number of nitrogens with zero attached hydrogens (tertiary/aromatic N) is 5. The van der Waals surface area contributed by atoms with Crippen molar-refractivity contribution in [2.45, 2.75) is 70.4 Å². The van der Waals surface area contributed by atoms with Crippen LogP contribution in [0.1, 0.15) is 63.9 Å². The van der Waals surface area contributed by atoms with Gasteiger partial charge in [0.2, 0.25) is 5.95 Å². The van der Waals surface area contributed by atoms with Gasteiger partial charge in [-0.15, -0.1) is 10.2 Å². The van der Waals surface area contributed by atoms with Gasteiger partial charge >= 0.3 is 0 Å². The third kappa shape index (κ3) is 6.11. The SMILES string of the molecule is C=C/C(=C\C(=C)N(C)C)c1ccc(-c2cnc(N(C3CCCC(C)CCC3)C3CC3)nn2)c(O)c1. The minimum absolute atomic E-state index is 0.141. The second-order valence-electron chi connectivity index (χ2n) is 10.3. The number of hydrogen-bond acceptors (Lipinski definition) is 6. The molecule has 0 atom stereocenters. The minimum atomic E-state index is 0.141. The molecule has 0 radical (unpaired) electrons. The molecule has 1 N–H and O–H groups in total. The van der Waals surface area contributed by atoms with Crippen LogP contribution in [0.3, 0.4) is 0 Å². The average molecular weight is 474 g/mol. The van der Waals surface area contributed by atoms with Crippen molar-refractivity contribution in [3.8, 4) is 17.0 Å². The third-order valence-corrected chi connectivity index (χ3v) is 7.31. The molecule has 0 saturated heterocycles. The van der Waals surface area contributed by atoms with E-state index >= 15 is 0 Å². The Morgan fingerprint density at radius 3 is 2.26 bits per heavy atom. The summed E-state index contributed by atoms with van der Waals surface area (Å²) in [4.78, 5) is 9.10. The van der Waals surface area contributed by atoms with E-state index < -0.39 is 0 Å². The van der Waals surface area contributed by atoms with E-state index in [1.165, 1.54) is 51.4 Å². The van der Waals surface area contributed by atoms with Crippen LogP contribution in [0.2, 0.25) is 0 Å². The van der Waals surface area contributed by atoms with Crippen LogP contribution in [0.15, 0.2) is 55.4 Å². The van der Waals surface area contributed by atoms with Gasteiger partial charge in [0.25, 0.3) is 0 Å². The normalized spacial score (nSPS) is 21.1. The Morgan fingerprint density at radius 2 is 1.71 bits per heavy atom. The Bertz CT molecular complexity index is 1060. The monoisotopic (exact) mass is 473 g/mol. The molecule has 1 aromatic carbocycles. The zero-order chi connectivity index (χ0) is 24.9. The number of phenolic OH excluding ortho intramolecular Hbond substituents is 1. The van der Waals surface area contributed by atoms with Crippen molar-refractivity contribution in [1.82, 2.24) is 20.1 Å². The van der Waals surface area contributed by atoms with Gasteiger partial charge in [0, 0.05) is 37.4 Å². The lowest BCUT2D eigenvalue weighted by atomic mass is 9.89. The van der Waals surface area contributed by atoms with Crippen molar-refractivity contribution < 1.29 is 5.11 Å². The van der Waals surface area contributed by atoms with Gasteiger partial charge in [-0.1, -0.05) is 57.9 Å². The number of aromatic hydroxyl groups is 1. The lowest BCUT2D eigenvalue weighted by Crippen LogP contribution is -2.39. The molecule has 2 aliphatic rings. The van der Waals surface area contributed by atoms with Crippen molar-refractivity contribution in [2.24, 2.45) is 5.92 Å². The Balaban J connectivity index is 1.54. The summed E-state index contributed by atoms with van der Waals surface area (Å²) in [6.45, 7) is 10.3. The zero-order valence-electron chi connectivity index (χ0n) is 21.5. The van der Waals surface area contributed by atoms with Gasteiger partial charge < -0.3 is 14.9 Å². The first-order valence-corrected chi connectivity index (χ1v) is 12.9. The molecule has 2 fully saturated rings.